The molecule has 0 radical (unpaired) electrons. The SMILES string of the molecule is COc1ccc(OC)c(Nc2cc(N(C)C)nc(N3CCN(c4ccccn4)CC3)n2)c1. The van der Waals surface area contributed by atoms with Crippen molar-refractivity contribution in [1.82, 2.24) is 15.0 Å². The topological polar surface area (TPSA) is 78.9 Å². The Balaban J connectivity index is 1.57. The molecule has 0 unspecified atom stereocenters. The Bertz CT molecular complexity index is 1040. The van der Waals surface area contributed by atoms with Gasteiger partial charge < -0.3 is 29.5 Å². The molecule has 32 heavy (non-hydrogen) atoms. The molecule has 168 valence electrons. The highest BCUT2D eigenvalue weighted by Crippen LogP contribution is 2.32. The average molecular weight is 436 g/mol. The van der Waals surface area contributed by atoms with Crippen LogP contribution in [0.4, 0.5) is 29.1 Å². The molecule has 4 rings (SSSR count). The Morgan fingerprint density at radius 3 is 2.34 bits per heavy atom. The molecule has 0 atom stereocenters. The zero-order chi connectivity index (χ0) is 22.5. The van der Waals surface area contributed by atoms with Crippen molar-refractivity contribution in [3.63, 3.8) is 0 Å². The number of nitrogens with zero attached hydrogens (tertiary/aromatic N) is 6. The number of benzene rings is 1. The van der Waals surface area contributed by atoms with Crippen LogP contribution in [0.3, 0.4) is 0 Å². The van der Waals surface area contributed by atoms with Gasteiger partial charge in [0, 0.05) is 58.6 Å². The first-order chi connectivity index (χ1) is 15.6. The standard InChI is InChI=1S/C23H29N7O2/c1-28(2)22-16-20(25-18-15-17(31-3)8-9-19(18)32-4)26-23(27-22)30-13-11-29(12-14-30)21-7-5-6-10-24-21/h5-10,15-16H,11-14H2,1-4H3,(H,25,26,27). The van der Waals surface area contributed by atoms with Crippen molar-refractivity contribution in [2.75, 3.05) is 74.5 Å². The smallest absolute Gasteiger partial charge is 0.229 e. The Labute approximate surface area is 188 Å². The van der Waals surface area contributed by atoms with Crippen LogP contribution in [0.15, 0.2) is 48.7 Å². The Hall–Kier alpha value is -3.75. The van der Waals surface area contributed by atoms with E-state index in [4.69, 9.17) is 19.4 Å². The Morgan fingerprint density at radius 1 is 0.906 bits per heavy atom. The summed E-state index contributed by atoms with van der Waals surface area (Å²) in [7, 11) is 7.23. The van der Waals surface area contributed by atoms with Gasteiger partial charge in [-0.2, -0.15) is 9.97 Å². The molecule has 0 bridgehead atoms. The van der Waals surface area contributed by atoms with Gasteiger partial charge in [0.05, 0.1) is 19.9 Å². The van der Waals surface area contributed by atoms with Crippen LogP contribution in [0.1, 0.15) is 0 Å². The van der Waals surface area contributed by atoms with Crippen molar-refractivity contribution in [2.24, 2.45) is 0 Å². The van der Waals surface area contributed by atoms with Crippen molar-refractivity contribution < 1.29 is 9.47 Å². The molecular weight excluding hydrogens is 406 g/mol. The number of hydrogen-bond acceptors (Lipinski definition) is 9. The van der Waals surface area contributed by atoms with Crippen LogP contribution in [0.5, 0.6) is 11.5 Å². The summed E-state index contributed by atoms with van der Waals surface area (Å²) in [5.41, 5.74) is 0.779. The summed E-state index contributed by atoms with van der Waals surface area (Å²) in [4.78, 5) is 20.5. The van der Waals surface area contributed by atoms with Crippen molar-refractivity contribution in [2.45, 2.75) is 0 Å². The lowest BCUT2D eigenvalue weighted by Gasteiger charge is -2.35. The van der Waals surface area contributed by atoms with E-state index in [1.165, 1.54) is 0 Å². The lowest BCUT2D eigenvalue weighted by atomic mass is 10.2. The molecule has 0 aliphatic carbocycles. The molecular formula is C23H29N7O2. The second kappa shape index (κ2) is 9.59. The maximum atomic E-state index is 5.50. The summed E-state index contributed by atoms with van der Waals surface area (Å²) in [5.74, 6) is 4.66. The molecule has 3 aromatic rings. The van der Waals surface area contributed by atoms with Crippen LogP contribution in [0.25, 0.3) is 0 Å². The molecule has 1 N–H and O–H groups in total. The van der Waals surface area contributed by atoms with Gasteiger partial charge in [-0.15, -0.1) is 0 Å². The van der Waals surface area contributed by atoms with Crippen molar-refractivity contribution >= 4 is 29.1 Å². The molecule has 1 aromatic carbocycles. The molecule has 2 aromatic heterocycles. The van der Waals surface area contributed by atoms with E-state index in [9.17, 15) is 0 Å². The predicted molar refractivity (Wildman–Crippen MR) is 128 cm³/mol. The van der Waals surface area contributed by atoms with Gasteiger partial charge in [0.15, 0.2) is 0 Å². The molecule has 1 aliphatic heterocycles. The van der Waals surface area contributed by atoms with Crippen LogP contribution in [0.2, 0.25) is 0 Å². The fraction of sp³-hybridized carbons (Fsp3) is 0.348. The summed E-state index contributed by atoms with van der Waals surface area (Å²) in [6.07, 6.45) is 1.83. The summed E-state index contributed by atoms with van der Waals surface area (Å²) < 4.78 is 10.9. The summed E-state index contributed by atoms with van der Waals surface area (Å²) in [6, 6.07) is 13.5. The second-order valence-corrected chi connectivity index (χ2v) is 7.66. The van der Waals surface area contributed by atoms with Crippen LogP contribution in [0, 0.1) is 0 Å². The van der Waals surface area contributed by atoms with E-state index in [-0.39, 0.29) is 0 Å². The van der Waals surface area contributed by atoms with E-state index in [0.717, 1.165) is 49.3 Å². The maximum absolute atomic E-state index is 5.50. The molecule has 9 nitrogen and oxygen atoms in total. The van der Waals surface area contributed by atoms with Crippen molar-refractivity contribution in [3.05, 3.63) is 48.7 Å². The van der Waals surface area contributed by atoms with Crippen LogP contribution in [-0.4, -0.2) is 69.4 Å². The van der Waals surface area contributed by atoms with Gasteiger partial charge in [-0.05, 0) is 24.3 Å². The van der Waals surface area contributed by atoms with Crippen molar-refractivity contribution in [1.29, 1.82) is 0 Å². The minimum absolute atomic E-state index is 0.692. The molecule has 0 spiro atoms. The van der Waals surface area contributed by atoms with E-state index < -0.39 is 0 Å². The van der Waals surface area contributed by atoms with Crippen LogP contribution < -0.4 is 29.5 Å². The fourth-order valence-electron chi connectivity index (χ4n) is 3.58. The van der Waals surface area contributed by atoms with E-state index in [0.29, 0.717) is 17.5 Å². The van der Waals surface area contributed by atoms with Crippen LogP contribution >= 0.6 is 0 Å². The highest BCUT2D eigenvalue weighted by molar-refractivity contribution is 5.68. The monoisotopic (exact) mass is 435 g/mol. The number of aromatic nitrogens is 3. The van der Waals surface area contributed by atoms with E-state index in [1.54, 1.807) is 14.2 Å². The number of nitrogens with one attached hydrogen (secondary N) is 1. The third-order valence-corrected chi connectivity index (χ3v) is 5.36. The number of hydrogen-bond donors (Lipinski definition) is 1. The lowest BCUT2D eigenvalue weighted by Crippen LogP contribution is -2.47. The summed E-state index contributed by atoms with van der Waals surface area (Å²) in [6.45, 7) is 3.35. The van der Waals surface area contributed by atoms with Gasteiger partial charge in [-0.25, -0.2) is 4.98 Å². The lowest BCUT2D eigenvalue weighted by molar-refractivity contribution is 0.405. The molecule has 9 heteroatoms. The zero-order valence-corrected chi connectivity index (χ0v) is 18.9. The molecule has 0 saturated carbocycles. The van der Waals surface area contributed by atoms with Gasteiger partial charge in [0.2, 0.25) is 5.95 Å². The number of rotatable bonds is 7. The van der Waals surface area contributed by atoms with Gasteiger partial charge in [0.25, 0.3) is 0 Å². The highest BCUT2D eigenvalue weighted by atomic mass is 16.5. The van der Waals surface area contributed by atoms with Gasteiger partial charge in [-0.3, -0.25) is 0 Å². The number of anilines is 5. The summed E-state index contributed by atoms with van der Waals surface area (Å²) in [5, 5.41) is 3.38. The third-order valence-electron chi connectivity index (χ3n) is 5.36. The first kappa shape index (κ1) is 21.5. The number of methoxy groups -OCH3 is 2. The molecule has 0 amide bonds. The van der Waals surface area contributed by atoms with Crippen molar-refractivity contribution in [3.8, 4) is 11.5 Å². The second-order valence-electron chi connectivity index (χ2n) is 7.66. The summed E-state index contributed by atoms with van der Waals surface area (Å²) >= 11 is 0. The quantitative estimate of drug-likeness (QED) is 0.602. The van der Waals surface area contributed by atoms with Gasteiger partial charge in [0.1, 0.15) is 29.0 Å². The molecule has 3 heterocycles. The fourth-order valence-corrected chi connectivity index (χ4v) is 3.58. The number of ether oxygens (including phenoxy) is 2. The zero-order valence-electron chi connectivity index (χ0n) is 18.9. The Morgan fingerprint density at radius 2 is 1.69 bits per heavy atom. The molecule has 1 fully saturated rings. The normalized spacial score (nSPS) is 13.6. The largest absolute Gasteiger partial charge is 0.497 e. The number of pyridine rings is 1. The third kappa shape index (κ3) is 4.77. The van der Waals surface area contributed by atoms with E-state index in [1.807, 2.05) is 67.7 Å². The van der Waals surface area contributed by atoms with E-state index >= 15 is 0 Å². The maximum Gasteiger partial charge on any atom is 0.229 e. The minimum atomic E-state index is 0.692. The van der Waals surface area contributed by atoms with E-state index in [2.05, 4.69) is 20.1 Å². The first-order valence-corrected chi connectivity index (χ1v) is 10.5. The van der Waals surface area contributed by atoms with Crippen LogP contribution in [-0.2, 0) is 0 Å². The number of piperazine rings is 1. The Kier molecular flexibility index (Phi) is 6.44. The first-order valence-electron chi connectivity index (χ1n) is 10.5. The van der Waals surface area contributed by atoms with Gasteiger partial charge in [-0.1, -0.05) is 6.07 Å². The molecule has 1 saturated heterocycles. The minimum Gasteiger partial charge on any atom is -0.497 e. The van der Waals surface area contributed by atoms with Gasteiger partial charge >= 0.3 is 0 Å². The highest BCUT2D eigenvalue weighted by Gasteiger charge is 2.21. The molecule has 1 aliphatic rings. The average Bonchev–Trinajstić information content (AvgIpc) is 2.84. The predicted octanol–water partition coefficient (Wildman–Crippen LogP) is 3.03.